The molecular weight excluding hydrogens is 232 g/mol. The van der Waals surface area contributed by atoms with E-state index in [2.05, 4.69) is 11.9 Å². The monoisotopic (exact) mass is 244 g/mol. The maximum absolute atomic E-state index is 6.45. The number of aromatic nitrogens is 1. The van der Waals surface area contributed by atoms with Crippen molar-refractivity contribution in [1.29, 1.82) is 0 Å². The predicted octanol–water partition coefficient (Wildman–Crippen LogP) is 3.18. The first-order chi connectivity index (χ1) is 8.29. The number of rotatable bonds is 1. The van der Waals surface area contributed by atoms with Gasteiger partial charge in [-0.05, 0) is 11.6 Å². The summed E-state index contributed by atoms with van der Waals surface area (Å²) in [6.07, 6.45) is 2.78. The number of hydrogen-bond donors (Lipinski definition) is 1. The molecule has 2 heterocycles. The molecule has 3 rings (SSSR count). The van der Waals surface area contributed by atoms with Gasteiger partial charge in [0.25, 0.3) is 0 Å². The quantitative estimate of drug-likeness (QED) is 0.834. The van der Waals surface area contributed by atoms with Gasteiger partial charge in [0.2, 0.25) is 0 Å². The maximum atomic E-state index is 6.45. The highest BCUT2D eigenvalue weighted by Gasteiger charge is 2.16. The molecule has 3 heteroatoms. The molecule has 1 aliphatic heterocycles. The van der Waals surface area contributed by atoms with Crippen molar-refractivity contribution in [2.24, 2.45) is 0 Å². The fourth-order valence-electron chi connectivity index (χ4n) is 2.26. The highest BCUT2D eigenvalue weighted by Crippen LogP contribution is 2.30. The Morgan fingerprint density at radius 1 is 1.41 bits per heavy atom. The Labute approximate surface area is 105 Å². The smallest absolute Gasteiger partial charge is 0.0726 e. The van der Waals surface area contributed by atoms with Crippen molar-refractivity contribution in [1.82, 2.24) is 10.3 Å². The lowest BCUT2D eigenvalue weighted by molar-refractivity contribution is 0.633. The molecule has 0 radical (unpaired) electrons. The molecule has 0 fully saturated rings. The van der Waals surface area contributed by atoms with Crippen LogP contribution in [0.3, 0.4) is 0 Å². The van der Waals surface area contributed by atoms with Gasteiger partial charge in [-0.2, -0.15) is 0 Å². The SMILES string of the molecule is C=Cc1ccc2c(Cl)c3c(nc2c1)CCNC3. The number of fused-ring (bicyclic) bond motifs is 2. The summed E-state index contributed by atoms with van der Waals surface area (Å²) in [5, 5.41) is 5.20. The maximum Gasteiger partial charge on any atom is 0.0726 e. The fraction of sp³-hybridized carbons (Fsp3) is 0.214. The third kappa shape index (κ3) is 1.74. The summed E-state index contributed by atoms with van der Waals surface area (Å²) in [6, 6.07) is 6.08. The molecule has 0 spiro atoms. The Kier molecular flexibility index (Phi) is 2.61. The first-order valence-corrected chi connectivity index (χ1v) is 6.11. The van der Waals surface area contributed by atoms with Crippen molar-refractivity contribution in [2.75, 3.05) is 6.54 Å². The zero-order valence-electron chi connectivity index (χ0n) is 9.46. The fourth-order valence-corrected chi connectivity index (χ4v) is 2.60. The van der Waals surface area contributed by atoms with Crippen LogP contribution in [0.15, 0.2) is 24.8 Å². The summed E-state index contributed by atoms with van der Waals surface area (Å²) in [4.78, 5) is 4.71. The number of nitrogens with zero attached hydrogens (tertiary/aromatic N) is 1. The van der Waals surface area contributed by atoms with E-state index in [0.29, 0.717) is 0 Å². The van der Waals surface area contributed by atoms with Crippen molar-refractivity contribution in [2.45, 2.75) is 13.0 Å². The minimum Gasteiger partial charge on any atom is -0.312 e. The molecule has 17 heavy (non-hydrogen) atoms. The van der Waals surface area contributed by atoms with Crippen molar-refractivity contribution in [3.8, 4) is 0 Å². The molecule has 0 atom stereocenters. The van der Waals surface area contributed by atoms with Gasteiger partial charge in [0.15, 0.2) is 0 Å². The van der Waals surface area contributed by atoms with E-state index >= 15 is 0 Å². The lowest BCUT2D eigenvalue weighted by Crippen LogP contribution is -2.25. The molecule has 0 aliphatic carbocycles. The highest BCUT2D eigenvalue weighted by molar-refractivity contribution is 6.36. The zero-order valence-corrected chi connectivity index (χ0v) is 10.2. The molecule has 1 N–H and O–H groups in total. The summed E-state index contributed by atoms with van der Waals surface area (Å²) in [5.74, 6) is 0. The van der Waals surface area contributed by atoms with Gasteiger partial charge in [-0.15, -0.1) is 0 Å². The van der Waals surface area contributed by atoms with Crippen LogP contribution in [0.4, 0.5) is 0 Å². The molecule has 0 unspecified atom stereocenters. The predicted molar refractivity (Wildman–Crippen MR) is 72.3 cm³/mol. The van der Waals surface area contributed by atoms with Crippen LogP contribution in [-0.2, 0) is 13.0 Å². The van der Waals surface area contributed by atoms with E-state index in [9.17, 15) is 0 Å². The lowest BCUT2D eigenvalue weighted by atomic mass is 10.0. The van der Waals surface area contributed by atoms with E-state index in [1.807, 2.05) is 24.3 Å². The topological polar surface area (TPSA) is 24.9 Å². The Hall–Kier alpha value is -1.38. The van der Waals surface area contributed by atoms with Crippen LogP contribution in [0.25, 0.3) is 17.0 Å². The van der Waals surface area contributed by atoms with E-state index in [1.54, 1.807) is 0 Å². The minimum absolute atomic E-state index is 0.820. The van der Waals surface area contributed by atoms with Gasteiger partial charge in [0.05, 0.1) is 10.5 Å². The normalized spacial score (nSPS) is 14.6. The van der Waals surface area contributed by atoms with Gasteiger partial charge in [-0.3, -0.25) is 4.98 Å². The van der Waals surface area contributed by atoms with Gasteiger partial charge in [-0.1, -0.05) is 36.4 Å². The van der Waals surface area contributed by atoms with Crippen molar-refractivity contribution >= 4 is 28.6 Å². The number of halogens is 1. The summed E-state index contributed by atoms with van der Waals surface area (Å²) < 4.78 is 0. The zero-order chi connectivity index (χ0) is 11.8. The Bertz CT molecular complexity index is 605. The van der Waals surface area contributed by atoms with E-state index in [1.165, 1.54) is 0 Å². The summed E-state index contributed by atoms with van der Waals surface area (Å²) in [6.45, 7) is 5.57. The van der Waals surface area contributed by atoms with Crippen LogP contribution in [0.1, 0.15) is 16.8 Å². The Morgan fingerprint density at radius 2 is 2.29 bits per heavy atom. The van der Waals surface area contributed by atoms with E-state index in [-0.39, 0.29) is 0 Å². The van der Waals surface area contributed by atoms with E-state index in [4.69, 9.17) is 16.6 Å². The van der Waals surface area contributed by atoms with Crippen LogP contribution in [0.2, 0.25) is 5.02 Å². The number of nitrogens with one attached hydrogen (secondary N) is 1. The lowest BCUT2D eigenvalue weighted by Gasteiger charge is -2.18. The summed E-state index contributed by atoms with van der Waals surface area (Å²) >= 11 is 6.45. The molecular formula is C14H13ClN2. The van der Waals surface area contributed by atoms with Gasteiger partial charge < -0.3 is 5.32 Å². The molecule has 2 aromatic rings. The number of pyridine rings is 1. The third-order valence-electron chi connectivity index (χ3n) is 3.20. The second-order valence-corrected chi connectivity index (χ2v) is 4.64. The number of benzene rings is 1. The van der Waals surface area contributed by atoms with Gasteiger partial charge in [0.1, 0.15) is 0 Å². The van der Waals surface area contributed by atoms with E-state index < -0.39 is 0 Å². The third-order valence-corrected chi connectivity index (χ3v) is 3.63. The first-order valence-electron chi connectivity index (χ1n) is 5.74. The van der Waals surface area contributed by atoms with Gasteiger partial charge >= 0.3 is 0 Å². The van der Waals surface area contributed by atoms with Crippen molar-refractivity contribution < 1.29 is 0 Å². The summed E-state index contributed by atoms with van der Waals surface area (Å²) in [7, 11) is 0. The molecule has 0 saturated heterocycles. The Balaban J connectivity index is 2.31. The average molecular weight is 245 g/mol. The number of hydrogen-bond acceptors (Lipinski definition) is 2. The molecule has 2 nitrogen and oxygen atoms in total. The molecule has 1 aromatic carbocycles. The minimum atomic E-state index is 0.820. The largest absolute Gasteiger partial charge is 0.312 e. The molecule has 1 aromatic heterocycles. The first kappa shape index (κ1) is 10.8. The van der Waals surface area contributed by atoms with Crippen molar-refractivity contribution in [3.05, 3.63) is 46.6 Å². The average Bonchev–Trinajstić information content (AvgIpc) is 2.38. The summed E-state index contributed by atoms with van der Waals surface area (Å²) in [5.41, 5.74) is 4.32. The molecule has 0 saturated carbocycles. The highest BCUT2D eigenvalue weighted by atomic mass is 35.5. The molecule has 0 bridgehead atoms. The van der Waals surface area contributed by atoms with Gasteiger partial charge in [0, 0.05) is 36.2 Å². The van der Waals surface area contributed by atoms with Crippen molar-refractivity contribution in [3.63, 3.8) is 0 Å². The molecule has 1 aliphatic rings. The molecule has 86 valence electrons. The van der Waals surface area contributed by atoms with Gasteiger partial charge in [-0.25, -0.2) is 0 Å². The van der Waals surface area contributed by atoms with Crippen LogP contribution in [0, 0.1) is 0 Å². The van der Waals surface area contributed by atoms with Crippen LogP contribution in [-0.4, -0.2) is 11.5 Å². The second-order valence-electron chi connectivity index (χ2n) is 4.26. The van der Waals surface area contributed by atoms with Crippen LogP contribution in [0.5, 0.6) is 0 Å². The van der Waals surface area contributed by atoms with Crippen LogP contribution >= 0.6 is 11.6 Å². The molecule has 0 amide bonds. The second kappa shape index (κ2) is 4.13. The Morgan fingerprint density at radius 3 is 3.12 bits per heavy atom. The van der Waals surface area contributed by atoms with E-state index in [0.717, 1.165) is 52.3 Å². The standard InChI is InChI=1S/C14H13ClN2/c1-2-9-3-4-10-13(7-9)17-12-5-6-16-8-11(12)14(10)15/h2-4,7,16H,1,5-6,8H2. The van der Waals surface area contributed by atoms with Crippen LogP contribution < -0.4 is 5.32 Å².